The van der Waals surface area contributed by atoms with Crippen molar-refractivity contribution < 1.29 is 9.59 Å². The number of rotatable bonds is 2. The number of amides is 2. The highest BCUT2D eigenvalue weighted by Crippen LogP contribution is 2.50. The minimum atomic E-state index is -1.25. The summed E-state index contributed by atoms with van der Waals surface area (Å²) in [5.41, 5.74) is 1.36. The number of nitrogens with one attached hydrogen (secondary N) is 2. The van der Waals surface area contributed by atoms with Gasteiger partial charge in [0.15, 0.2) is 5.82 Å². The molecular formula is C20H15Cl2N5O2. The molecule has 2 N–H and O–H groups in total. The number of hydrogen-bond donors (Lipinski definition) is 2. The van der Waals surface area contributed by atoms with Crippen LogP contribution in [0.4, 0.5) is 11.5 Å². The molecule has 3 aromatic rings. The molecule has 2 aliphatic rings. The van der Waals surface area contributed by atoms with Crippen LogP contribution in [-0.4, -0.2) is 26.8 Å². The Labute approximate surface area is 176 Å². The number of hydrogen-bond acceptors (Lipinski definition) is 4. The fourth-order valence-corrected chi connectivity index (χ4v) is 4.39. The Morgan fingerprint density at radius 3 is 2.55 bits per heavy atom. The SMILES string of the molecule is CC(c1ccc(Cl)cc1)n1nnc2c1NC(=O)C[C@@]21C(=O)Nc2ccc(Cl)cc21. The molecule has 146 valence electrons. The number of benzene rings is 2. The number of aromatic nitrogens is 3. The molecule has 7 nitrogen and oxygen atoms in total. The second-order valence-corrected chi connectivity index (χ2v) is 8.11. The van der Waals surface area contributed by atoms with Crippen molar-refractivity contribution in [2.75, 3.05) is 10.6 Å². The molecule has 1 unspecified atom stereocenters. The molecule has 1 aromatic heterocycles. The Kier molecular flexibility index (Phi) is 3.94. The van der Waals surface area contributed by atoms with Crippen molar-refractivity contribution in [2.24, 2.45) is 0 Å². The molecule has 2 atom stereocenters. The molecule has 2 aromatic carbocycles. The van der Waals surface area contributed by atoms with Gasteiger partial charge in [0.05, 0.1) is 12.5 Å². The summed E-state index contributed by atoms with van der Waals surface area (Å²) in [6.45, 7) is 1.94. The minimum absolute atomic E-state index is 0.0623. The van der Waals surface area contributed by atoms with E-state index in [4.69, 9.17) is 23.2 Å². The lowest BCUT2D eigenvalue weighted by Gasteiger charge is -2.30. The molecule has 9 heteroatoms. The Hall–Kier alpha value is -2.90. The van der Waals surface area contributed by atoms with Crippen LogP contribution in [0.3, 0.4) is 0 Å². The Morgan fingerprint density at radius 1 is 1.07 bits per heavy atom. The lowest BCUT2D eigenvalue weighted by Crippen LogP contribution is -2.44. The second-order valence-electron chi connectivity index (χ2n) is 7.23. The van der Waals surface area contributed by atoms with Gasteiger partial charge in [0.25, 0.3) is 0 Å². The molecule has 5 rings (SSSR count). The van der Waals surface area contributed by atoms with Crippen molar-refractivity contribution in [3.63, 3.8) is 0 Å². The van der Waals surface area contributed by atoms with Crippen LogP contribution in [0.1, 0.15) is 36.2 Å². The molecule has 2 amide bonds. The number of anilines is 2. The van der Waals surface area contributed by atoms with Gasteiger partial charge in [0.2, 0.25) is 11.8 Å². The molecule has 0 saturated carbocycles. The Bertz CT molecular complexity index is 1170. The van der Waals surface area contributed by atoms with Gasteiger partial charge in [-0.25, -0.2) is 4.68 Å². The topological polar surface area (TPSA) is 88.9 Å². The van der Waals surface area contributed by atoms with Crippen LogP contribution in [0.2, 0.25) is 10.0 Å². The van der Waals surface area contributed by atoms with Gasteiger partial charge < -0.3 is 10.6 Å². The van der Waals surface area contributed by atoms with E-state index in [0.717, 1.165) is 5.56 Å². The summed E-state index contributed by atoms with van der Waals surface area (Å²) in [7, 11) is 0. The number of halogens is 2. The Balaban J connectivity index is 1.68. The molecule has 29 heavy (non-hydrogen) atoms. The summed E-state index contributed by atoms with van der Waals surface area (Å²) < 4.78 is 1.62. The van der Waals surface area contributed by atoms with E-state index in [1.807, 2.05) is 19.1 Å². The van der Waals surface area contributed by atoms with Gasteiger partial charge >= 0.3 is 0 Å². The molecular weight excluding hydrogens is 413 g/mol. The molecule has 3 heterocycles. The third-order valence-electron chi connectivity index (χ3n) is 5.58. The van der Waals surface area contributed by atoms with Crippen LogP contribution in [-0.2, 0) is 15.0 Å². The van der Waals surface area contributed by atoms with Crippen molar-refractivity contribution in [2.45, 2.75) is 24.8 Å². The summed E-state index contributed by atoms with van der Waals surface area (Å²) in [4.78, 5) is 25.8. The summed E-state index contributed by atoms with van der Waals surface area (Å²) in [6, 6.07) is 12.3. The van der Waals surface area contributed by atoms with E-state index in [1.165, 1.54) is 0 Å². The van der Waals surface area contributed by atoms with Gasteiger partial charge in [-0.2, -0.15) is 0 Å². The van der Waals surface area contributed by atoms with Crippen molar-refractivity contribution in [1.29, 1.82) is 0 Å². The van der Waals surface area contributed by atoms with E-state index in [1.54, 1.807) is 35.0 Å². The first-order valence-electron chi connectivity index (χ1n) is 9.02. The van der Waals surface area contributed by atoms with E-state index in [2.05, 4.69) is 20.9 Å². The van der Waals surface area contributed by atoms with Crippen LogP contribution in [0, 0.1) is 0 Å². The second kappa shape index (κ2) is 6.30. The van der Waals surface area contributed by atoms with E-state index < -0.39 is 5.41 Å². The third kappa shape index (κ3) is 2.58. The highest BCUT2D eigenvalue weighted by atomic mass is 35.5. The lowest BCUT2D eigenvalue weighted by atomic mass is 9.74. The van der Waals surface area contributed by atoms with Gasteiger partial charge in [0, 0.05) is 15.7 Å². The maximum Gasteiger partial charge on any atom is 0.241 e. The van der Waals surface area contributed by atoms with Crippen molar-refractivity contribution in [3.8, 4) is 0 Å². The smallest absolute Gasteiger partial charge is 0.241 e. The van der Waals surface area contributed by atoms with Gasteiger partial charge in [-0.1, -0.05) is 40.5 Å². The normalized spacial score (nSPS) is 20.8. The number of nitrogens with zero attached hydrogens (tertiary/aromatic N) is 3. The predicted octanol–water partition coefficient (Wildman–Crippen LogP) is 3.77. The van der Waals surface area contributed by atoms with E-state index >= 15 is 0 Å². The van der Waals surface area contributed by atoms with Crippen LogP contribution in [0.15, 0.2) is 42.5 Å². The molecule has 0 radical (unpaired) electrons. The van der Waals surface area contributed by atoms with Gasteiger partial charge in [0.1, 0.15) is 11.1 Å². The van der Waals surface area contributed by atoms with Crippen molar-refractivity contribution >= 4 is 46.5 Å². The number of fused-ring (bicyclic) bond motifs is 4. The summed E-state index contributed by atoms with van der Waals surface area (Å²) >= 11 is 12.2. The average molecular weight is 428 g/mol. The number of carbonyl (C=O) groups is 2. The lowest BCUT2D eigenvalue weighted by molar-refractivity contribution is -0.125. The quantitative estimate of drug-likeness (QED) is 0.651. The van der Waals surface area contributed by atoms with Crippen molar-refractivity contribution in [1.82, 2.24) is 15.0 Å². The standard InChI is InChI=1S/C20H15Cl2N5O2/c1-10(11-2-4-12(21)5-3-11)27-18-17(25-26-27)20(9-16(28)24-18)14-8-13(22)6-7-15(14)23-19(20)29/h2-8,10H,9H2,1H3,(H,23,29)(H,24,28)/t10?,20-/m0/s1. The maximum atomic E-state index is 13.1. The van der Waals surface area contributed by atoms with E-state index in [9.17, 15) is 9.59 Å². The van der Waals surface area contributed by atoms with Gasteiger partial charge in [-0.05, 0) is 48.4 Å². The molecule has 0 bridgehead atoms. The fraction of sp³-hybridized carbons (Fsp3) is 0.200. The van der Waals surface area contributed by atoms with E-state index in [-0.39, 0.29) is 24.3 Å². The molecule has 2 aliphatic heterocycles. The van der Waals surface area contributed by atoms with Crippen LogP contribution in [0.25, 0.3) is 0 Å². The molecule has 0 saturated heterocycles. The van der Waals surface area contributed by atoms with Crippen LogP contribution in [0.5, 0.6) is 0 Å². The predicted molar refractivity (Wildman–Crippen MR) is 109 cm³/mol. The monoisotopic (exact) mass is 427 g/mol. The minimum Gasteiger partial charge on any atom is -0.325 e. The summed E-state index contributed by atoms with van der Waals surface area (Å²) in [5, 5.41) is 15.4. The molecule has 0 aliphatic carbocycles. The first-order chi connectivity index (χ1) is 13.9. The molecule has 0 fully saturated rings. The van der Waals surface area contributed by atoms with Crippen LogP contribution >= 0.6 is 23.2 Å². The van der Waals surface area contributed by atoms with E-state index in [0.29, 0.717) is 32.8 Å². The van der Waals surface area contributed by atoms with Gasteiger partial charge in [-0.3, -0.25) is 9.59 Å². The van der Waals surface area contributed by atoms with Crippen molar-refractivity contribution in [3.05, 3.63) is 69.3 Å². The first kappa shape index (κ1) is 18.1. The summed E-state index contributed by atoms with van der Waals surface area (Å²) in [5.74, 6) is -0.184. The zero-order valence-electron chi connectivity index (χ0n) is 15.2. The zero-order chi connectivity index (χ0) is 20.3. The van der Waals surface area contributed by atoms with Crippen LogP contribution < -0.4 is 10.6 Å². The number of carbonyl (C=O) groups excluding carboxylic acids is 2. The largest absolute Gasteiger partial charge is 0.325 e. The highest BCUT2D eigenvalue weighted by Gasteiger charge is 2.56. The Morgan fingerprint density at radius 2 is 1.79 bits per heavy atom. The fourth-order valence-electron chi connectivity index (χ4n) is 4.09. The maximum absolute atomic E-state index is 13.1. The highest BCUT2D eigenvalue weighted by molar-refractivity contribution is 6.31. The summed E-state index contributed by atoms with van der Waals surface area (Å²) in [6.07, 6.45) is -0.0623. The third-order valence-corrected chi connectivity index (χ3v) is 6.07. The average Bonchev–Trinajstić information content (AvgIpc) is 3.22. The zero-order valence-corrected chi connectivity index (χ0v) is 16.8. The molecule has 1 spiro atoms. The van der Waals surface area contributed by atoms with Gasteiger partial charge in [-0.15, -0.1) is 5.10 Å². The first-order valence-corrected chi connectivity index (χ1v) is 9.78.